The van der Waals surface area contributed by atoms with E-state index in [0.717, 1.165) is 11.6 Å². The summed E-state index contributed by atoms with van der Waals surface area (Å²) in [6, 6.07) is 7.94. The number of anilines is 1. The summed E-state index contributed by atoms with van der Waals surface area (Å²) in [7, 11) is 0. The van der Waals surface area contributed by atoms with Crippen molar-refractivity contribution in [3.8, 4) is 34.1 Å². The number of hydrogen-bond donors (Lipinski definition) is 2. The molecule has 3 rings (SSSR count). The summed E-state index contributed by atoms with van der Waals surface area (Å²) >= 11 is 0. The topological polar surface area (TPSA) is 139 Å². The Labute approximate surface area is 149 Å². The zero-order chi connectivity index (χ0) is 19.6. The molecular formula is C18H17N3O5. The lowest BCUT2D eigenvalue weighted by molar-refractivity contribution is -0.383. The number of carbonyl (C=O) groups is 1. The molecule has 134 valence electrons. The molecule has 2 aliphatic carbocycles. The third-order valence-corrected chi connectivity index (χ3v) is 3.56. The standard InChI is InChI=1S/C13H7N3O3.C5H10O2/c14-5-6-3-9(12(15)10(4-6)16(18)19)7-1-2-8-11(7)13(8)17;1-5(2,3)7-4-6/h1-4,17H,15H2;4H,1-3H3. The number of aromatic hydroxyl groups is 1. The number of nitrogens with two attached hydrogens (primary N) is 1. The summed E-state index contributed by atoms with van der Waals surface area (Å²) in [6.07, 6.45) is 0. The van der Waals surface area contributed by atoms with Crippen LogP contribution >= 0.6 is 0 Å². The zero-order valence-electron chi connectivity index (χ0n) is 14.4. The van der Waals surface area contributed by atoms with Crippen LogP contribution in [-0.4, -0.2) is 22.1 Å². The lowest BCUT2D eigenvalue weighted by Gasteiger charge is -2.14. The number of rotatable bonds is 3. The van der Waals surface area contributed by atoms with Gasteiger partial charge in [-0.25, -0.2) is 0 Å². The van der Waals surface area contributed by atoms with Crippen molar-refractivity contribution in [1.29, 1.82) is 5.26 Å². The fourth-order valence-corrected chi connectivity index (χ4v) is 2.32. The smallest absolute Gasteiger partial charge is 0.294 e. The van der Waals surface area contributed by atoms with Crippen molar-refractivity contribution < 1.29 is 19.6 Å². The zero-order valence-corrected chi connectivity index (χ0v) is 14.4. The number of nitrogens with zero attached hydrogens (tertiary/aromatic N) is 2. The van der Waals surface area contributed by atoms with Gasteiger partial charge in [-0.15, -0.1) is 0 Å². The Morgan fingerprint density at radius 3 is 2.27 bits per heavy atom. The number of nitro groups is 1. The maximum Gasteiger partial charge on any atom is 0.294 e. The second kappa shape index (κ2) is 6.72. The van der Waals surface area contributed by atoms with E-state index in [0.29, 0.717) is 23.2 Å². The van der Waals surface area contributed by atoms with Crippen LogP contribution in [0.5, 0.6) is 5.75 Å². The highest BCUT2D eigenvalue weighted by Crippen LogP contribution is 2.57. The third-order valence-electron chi connectivity index (χ3n) is 3.56. The minimum Gasteiger partial charge on any atom is -0.507 e. The summed E-state index contributed by atoms with van der Waals surface area (Å²) in [6.45, 7) is 5.92. The lowest BCUT2D eigenvalue weighted by atomic mass is 10.0. The van der Waals surface area contributed by atoms with Gasteiger partial charge in [-0.1, -0.05) is 6.07 Å². The maximum atomic E-state index is 10.9. The Hall–Kier alpha value is -3.60. The molecule has 8 nitrogen and oxygen atoms in total. The normalized spacial score (nSPS) is 10.8. The van der Waals surface area contributed by atoms with Crippen LogP contribution in [-0.2, 0) is 9.53 Å². The average Bonchev–Trinajstić information content (AvgIpc) is 2.98. The third kappa shape index (κ3) is 3.72. The summed E-state index contributed by atoms with van der Waals surface area (Å²) in [4.78, 5) is 19.9. The molecule has 0 heterocycles. The molecule has 0 bridgehead atoms. The number of ether oxygens (including phenoxy) is 1. The SMILES string of the molecule is CC(C)(C)OC=O.N#Cc1cc(-c2ccc3c(O)c2-3)c(N)c([N+](=O)[O-])c1. The van der Waals surface area contributed by atoms with Crippen LogP contribution in [0.25, 0.3) is 22.3 Å². The van der Waals surface area contributed by atoms with Crippen LogP contribution in [0.3, 0.4) is 0 Å². The Balaban J connectivity index is 0.000000298. The number of phenols is 1. The highest BCUT2D eigenvalue weighted by Gasteiger charge is 2.31. The molecule has 0 aromatic heterocycles. The van der Waals surface area contributed by atoms with Crippen molar-refractivity contribution in [2.45, 2.75) is 26.4 Å². The van der Waals surface area contributed by atoms with E-state index in [2.05, 4.69) is 4.74 Å². The Bertz CT molecular complexity index is 939. The number of benzene rings is 2. The maximum absolute atomic E-state index is 10.9. The van der Waals surface area contributed by atoms with Crippen molar-refractivity contribution in [3.63, 3.8) is 0 Å². The van der Waals surface area contributed by atoms with Crippen molar-refractivity contribution >= 4 is 17.8 Å². The molecule has 2 aliphatic rings. The van der Waals surface area contributed by atoms with Crippen LogP contribution < -0.4 is 5.73 Å². The number of nitriles is 1. The van der Waals surface area contributed by atoms with Crippen LogP contribution in [0.15, 0.2) is 24.3 Å². The minimum absolute atomic E-state index is 0.00269. The Morgan fingerprint density at radius 2 is 1.88 bits per heavy atom. The van der Waals surface area contributed by atoms with E-state index in [1.807, 2.05) is 26.8 Å². The predicted octanol–water partition coefficient (Wildman–Crippen LogP) is 3.36. The van der Waals surface area contributed by atoms with E-state index in [9.17, 15) is 20.0 Å². The number of carbonyl (C=O) groups excluding carboxylic acids is 1. The second-order valence-electron chi connectivity index (χ2n) is 6.54. The first-order valence-electron chi connectivity index (χ1n) is 7.57. The number of phenolic OH excluding ortho intramolecular Hbond substituents is 1. The van der Waals surface area contributed by atoms with Crippen LogP contribution in [0.2, 0.25) is 0 Å². The highest BCUT2D eigenvalue weighted by molar-refractivity contribution is 6.07. The Kier molecular flexibility index (Phi) is 4.84. The number of nitrogen functional groups attached to an aromatic ring is 1. The Morgan fingerprint density at radius 1 is 1.27 bits per heavy atom. The van der Waals surface area contributed by atoms with Crippen molar-refractivity contribution in [1.82, 2.24) is 0 Å². The summed E-state index contributed by atoms with van der Waals surface area (Å²) in [5.74, 6) is 0.182. The van der Waals surface area contributed by atoms with E-state index in [1.165, 1.54) is 6.07 Å². The van der Waals surface area contributed by atoms with E-state index in [4.69, 9.17) is 11.0 Å². The molecule has 0 amide bonds. The fraction of sp³-hybridized carbons (Fsp3) is 0.222. The first-order valence-corrected chi connectivity index (χ1v) is 7.57. The van der Waals surface area contributed by atoms with Gasteiger partial charge in [0.25, 0.3) is 12.2 Å². The van der Waals surface area contributed by atoms with Crippen molar-refractivity contribution in [3.05, 3.63) is 39.9 Å². The number of nitro benzene ring substituents is 1. The van der Waals surface area contributed by atoms with E-state index < -0.39 is 4.92 Å². The predicted molar refractivity (Wildman–Crippen MR) is 95.2 cm³/mol. The van der Waals surface area contributed by atoms with Gasteiger partial charge in [0.05, 0.1) is 16.6 Å². The first-order chi connectivity index (χ1) is 12.1. The molecule has 0 fully saturated rings. The second-order valence-corrected chi connectivity index (χ2v) is 6.54. The highest BCUT2D eigenvalue weighted by atomic mass is 16.6. The van der Waals surface area contributed by atoms with Crippen LogP contribution in [0.1, 0.15) is 26.3 Å². The molecule has 0 atom stereocenters. The van der Waals surface area contributed by atoms with E-state index in [-0.39, 0.29) is 28.3 Å². The first kappa shape index (κ1) is 18.7. The van der Waals surface area contributed by atoms with Crippen LogP contribution in [0, 0.1) is 21.4 Å². The number of fused-ring (bicyclic) bond motifs is 1. The van der Waals surface area contributed by atoms with E-state index in [1.54, 1.807) is 12.1 Å². The monoisotopic (exact) mass is 355 g/mol. The van der Waals surface area contributed by atoms with E-state index >= 15 is 0 Å². The van der Waals surface area contributed by atoms with Gasteiger partial charge in [0.15, 0.2) is 0 Å². The molecular weight excluding hydrogens is 338 g/mol. The quantitative estimate of drug-likeness (QED) is 0.318. The molecule has 0 aliphatic heterocycles. The summed E-state index contributed by atoms with van der Waals surface area (Å²) in [5.41, 5.74) is 7.72. The number of hydrogen-bond acceptors (Lipinski definition) is 7. The summed E-state index contributed by atoms with van der Waals surface area (Å²) < 4.78 is 4.55. The molecule has 0 unspecified atom stereocenters. The fourth-order valence-electron chi connectivity index (χ4n) is 2.32. The molecule has 0 saturated heterocycles. The lowest BCUT2D eigenvalue weighted by Crippen LogP contribution is -2.17. The summed E-state index contributed by atoms with van der Waals surface area (Å²) in [5, 5.41) is 29.4. The van der Waals surface area contributed by atoms with Gasteiger partial charge in [0.2, 0.25) is 0 Å². The molecule has 3 N–H and O–H groups in total. The molecule has 0 radical (unpaired) electrons. The molecule has 8 heteroatoms. The molecule has 26 heavy (non-hydrogen) atoms. The largest absolute Gasteiger partial charge is 0.507 e. The van der Waals surface area contributed by atoms with Crippen LogP contribution in [0.4, 0.5) is 11.4 Å². The average molecular weight is 355 g/mol. The van der Waals surface area contributed by atoms with Gasteiger partial charge in [0, 0.05) is 22.8 Å². The molecule has 0 spiro atoms. The van der Waals surface area contributed by atoms with Gasteiger partial charge >= 0.3 is 0 Å². The van der Waals surface area contributed by atoms with Gasteiger partial charge in [0.1, 0.15) is 17.0 Å². The van der Waals surface area contributed by atoms with Gasteiger partial charge in [-0.05, 0) is 38.5 Å². The van der Waals surface area contributed by atoms with Gasteiger partial charge in [-0.2, -0.15) is 5.26 Å². The molecule has 0 saturated carbocycles. The van der Waals surface area contributed by atoms with Crippen molar-refractivity contribution in [2.24, 2.45) is 0 Å². The molecule has 1 aromatic rings. The van der Waals surface area contributed by atoms with Crippen molar-refractivity contribution in [2.75, 3.05) is 5.73 Å². The minimum atomic E-state index is -0.620. The van der Waals surface area contributed by atoms with Gasteiger partial charge in [-0.3, -0.25) is 14.9 Å². The molecule has 1 aromatic carbocycles. The van der Waals surface area contributed by atoms with Gasteiger partial charge < -0.3 is 15.6 Å².